The molecule has 1 atom stereocenters. The number of hydrogen-bond donors (Lipinski definition) is 3. The molecule has 0 spiro atoms. The number of sulfonamides is 2. The molecule has 3 N–H and O–H groups in total. The topological polar surface area (TPSA) is 125 Å². The Morgan fingerprint density at radius 1 is 0.872 bits per heavy atom. The molecule has 1 saturated carbocycles. The van der Waals surface area contributed by atoms with Crippen molar-refractivity contribution in [1.29, 1.82) is 0 Å². The molecule has 1 heterocycles. The molecular formula is C28H28ClN3O5S2. The quantitative estimate of drug-likeness (QED) is 0.229. The Hall–Kier alpha value is -3.02. The van der Waals surface area contributed by atoms with Gasteiger partial charge in [-0.25, -0.2) is 21.6 Å². The first-order chi connectivity index (χ1) is 18.7. The minimum Gasteiger partial charge on any atom is -0.354 e. The lowest BCUT2D eigenvalue weighted by Crippen LogP contribution is -2.36. The molecule has 0 aliphatic heterocycles. The van der Waals surface area contributed by atoms with Crippen LogP contribution < -0.4 is 9.44 Å². The maximum absolute atomic E-state index is 13.3. The number of rotatable bonds is 9. The molecule has 204 valence electrons. The van der Waals surface area contributed by atoms with Gasteiger partial charge in [0, 0.05) is 22.5 Å². The molecule has 5 rings (SSSR count). The highest BCUT2D eigenvalue weighted by Crippen LogP contribution is 2.37. The van der Waals surface area contributed by atoms with Crippen molar-refractivity contribution in [3.8, 4) is 11.3 Å². The first-order valence-electron chi connectivity index (χ1n) is 12.6. The van der Waals surface area contributed by atoms with Crippen molar-refractivity contribution in [3.05, 3.63) is 83.4 Å². The zero-order chi connectivity index (χ0) is 27.6. The van der Waals surface area contributed by atoms with Gasteiger partial charge in [0.1, 0.15) is 17.2 Å². The highest BCUT2D eigenvalue weighted by molar-refractivity contribution is 7.89. The summed E-state index contributed by atoms with van der Waals surface area (Å²) in [5, 5.41) is 0.691. The molecule has 11 heteroatoms. The molecule has 0 amide bonds. The molecule has 1 aliphatic carbocycles. The van der Waals surface area contributed by atoms with E-state index in [9.17, 15) is 21.6 Å². The fourth-order valence-corrected chi connectivity index (χ4v) is 8.06. The number of fused-ring (bicyclic) bond motifs is 1. The summed E-state index contributed by atoms with van der Waals surface area (Å²) < 4.78 is 58.2. The molecule has 4 aromatic rings. The van der Waals surface area contributed by atoms with Gasteiger partial charge in [-0.05, 0) is 48.7 Å². The van der Waals surface area contributed by atoms with Crippen LogP contribution in [-0.4, -0.2) is 34.1 Å². The first kappa shape index (κ1) is 27.5. The van der Waals surface area contributed by atoms with Crippen LogP contribution in [0.2, 0.25) is 5.02 Å². The van der Waals surface area contributed by atoms with E-state index in [0.29, 0.717) is 34.0 Å². The van der Waals surface area contributed by atoms with E-state index in [1.807, 2.05) is 6.07 Å². The minimum atomic E-state index is -4.04. The van der Waals surface area contributed by atoms with Gasteiger partial charge in [-0.3, -0.25) is 0 Å². The lowest BCUT2D eigenvalue weighted by atomic mass is 9.96. The Balaban J connectivity index is 1.59. The van der Waals surface area contributed by atoms with Crippen LogP contribution in [0.1, 0.15) is 43.7 Å². The summed E-state index contributed by atoms with van der Waals surface area (Å²) in [5.74, 6) is 0. The number of carbonyl (C=O) groups excluding carboxylic acids is 1. The number of hydrogen-bond acceptors (Lipinski definition) is 5. The number of H-pyrrole nitrogens is 1. The van der Waals surface area contributed by atoms with E-state index >= 15 is 0 Å². The Labute approximate surface area is 232 Å². The van der Waals surface area contributed by atoms with Crippen molar-refractivity contribution in [1.82, 2.24) is 14.4 Å². The minimum absolute atomic E-state index is 0.0203. The van der Waals surface area contributed by atoms with Gasteiger partial charge in [-0.1, -0.05) is 73.3 Å². The van der Waals surface area contributed by atoms with Crippen molar-refractivity contribution in [2.45, 2.75) is 54.0 Å². The Morgan fingerprint density at radius 2 is 1.56 bits per heavy atom. The third-order valence-electron chi connectivity index (χ3n) is 6.97. The number of para-hydroxylation sites is 1. The second kappa shape index (κ2) is 11.2. The molecule has 0 radical (unpaired) electrons. The standard InChI is InChI=1S/C28H28ClN3O5S2/c29-23-16-15-19(17-26(23)39(36,37)31-20-9-3-1-4-10-20)28-27(22-13-7-8-14-24(22)30-28)25(18-33)32-38(34,35)21-11-5-2-6-12-21/h2,5-8,11-18,20,25,30-32H,1,3-4,9-10H2. The van der Waals surface area contributed by atoms with Crippen molar-refractivity contribution in [2.24, 2.45) is 0 Å². The van der Waals surface area contributed by atoms with Gasteiger partial charge >= 0.3 is 0 Å². The molecule has 39 heavy (non-hydrogen) atoms. The molecule has 0 bridgehead atoms. The van der Waals surface area contributed by atoms with Crippen LogP contribution >= 0.6 is 11.6 Å². The number of nitrogens with one attached hydrogen (secondary N) is 3. The summed E-state index contributed by atoms with van der Waals surface area (Å²) in [6.07, 6.45) is 5.08. The Bertz CT molecular complexity index is 1710. The molecule has 3 aromatic carbocycles. The average molecular weight is 586 g/mol. The van der Waals surface area contributed by atoms with Crippen molar-refractivity contribution < 1.29 is 21.6 Å². The summed E-state index contributed by atoms with van der Waals surface area (Å²) in [5.41, 5.74) is 1.90. The van der Waals surface area contributed by atoms with Crippen LogP contribution in [0.4, 0.5) is 0 Å². The zero-order valence-electron chi connectivity index (χ0n) is 20.9. The summed E-state index contributed by atoms with van der Waals surface area (Å²) in [6, 6.07) is 18.1. The highest BCUT2D eigenvalue weighted by atomic mass is 35.5. The Kier molecular flexibility index (Phi) is 7.93. The van der Waals surface area contributed by atoms with E-state index in [1.165, 1.54) is 24.3 Å². The smallest absolute Gasteiger partial charge is 0.242 e. The monoisotopic (exact) mass is 585 g/mol. The van der Waals surface area contributed by atoms with Crippen LogP contribution in [0.25, 0.3) is 22.2 Å². The number of aldehydes is 1. The number of aromatic nitrogens is 1. The Morgan fingerprint density at radius 3 is 2.28 bits per heavy atom. The molecule has 0 saturated heterocycles. The maximum Gasteiger partial charge on any atom is 0.242 e. The van der Waals surface area contributed by atoms with E-state index in [-0.39, 0.29) is 20.9 Å². The van der Waals surface area contributed by atoms with Gasteiger partial charge < -0.3 is 9.78 Å². The third kappa shape index (κ3) is 5.80. The molecule has 1 aromatic heterocycles. The molecular weight excluding hydrogens is 558 g/mol. The van der Waals surface area contributed by atoms with Crippen LogP contribution in [0.3, 0.4) is 0 Å². The number of benzene rings is 3. The molecule has 1 aliphatic rings. The SMILES string of the molecule is O=CC(NS(=O)(=O)c1ccccc1)c1c(-c2ccc(Cl)c(S(=O)(=O)NC3CCCCC3)c2)[nH]c2ccccc12. The maximum atomic E-state index is 13.3. The van der Waals surface area contributed by atoms with Gasteiger partial charge in [0.2, 0.25) is 20.0 Å². The van der Waals surface area contributed by atoms with Crippen molar-refractivity contribution >= 4 is 48.8 Å². The van der Waals surface area contributed by atoms with Gasteiger partial charge in [-0.2, -0.15) is 4.72 Å². The van der Waals surface area contributed by atoms with Crippen LogP contribution in [0.15, 0.2) is 82.6 Å². The molecule has 1 unspecified atom stereocenters. The van der Waals surface area contributed by atoms with Gasteiger partial charge in [0.15, 0.2) is 0 Å². The summed E-state index contributed by atoms with van der Waals surface area (Å²) in [7, 11) is -7.97. The van der Waals surface area contributed by atoms with Crippen LogP contribution in [-0.2, 0) is 24.8 Å². The molecule has 8 nitrogen and oxygen atoms in total. The van der Waals surface area contributed by atoms with Crippen molar-refractivity contribution in [3.63, 3.8) is 0 Å². The average Bonchev–Trinajstić information content (AvgIpc) is 3.32. The fraction of sp³-hybridized carbons (Fsp3) is 0.250. The van der Waals surface area contributed by atoms with E-state index in [4.69, 9.17) is 11.6 Å². The lowest BCUT2D eigenvalue weighted by Gasteiger charge is -2.23. The van der Waals surface area contributed by atoms with Gasteiger partial charge in [0.05, 0.1) is 15.6 Å². The predicted octanol–water partition coefficient (Wildman–Crippen LogP) is 5.32. The fourth-order valence-electron chi connectivity index (χ4n) is 5.07. The summed E-state index contributed by atoms with van der Waals surface area (Å²) in [6.45, 7) is 0. The zero-order valence-corrected chi connectivity index (χ0v) is 23.3. The van der Waals surface area contributed by atoms with Gasteiger partial charge in [0.25, 0.3) is 0 Å². The van der Waals surface area contributed by atoms with E-state index in [1.54, 1.807) is 42.5 Å². The van der Waals surface area contributed by atoms with Gasteiger partial charge in [-0.15, -0.1) is 0 Å². The number of halogens is 1. The number of carbonyl (C=O) groups is 1. The summed E-state index contributed by atoms with van der Waals surface area (Å²) >= 11 is 6.37. The highest BCUT2D eigenvalue weighted by Gasteiger charge is 2.29. The van der Waals surface area contributed by atoms with E-state index < -0.39 is 26.1 Å². The molecule has 1 fully saturated rings. The largest absolute Gasteiger partial charge is 0.354 e. The number of aromatic amines is 1. The lowest BCUT2D eigenvalue weighted by molar-refractivity contribution is -0.109. The predicted molar refractivity (Wildman–Crippen MR) is 152 cm³/mol. The van der Waals surface area contributed by atoms with E-state index in [0.717, 1.165) is 32.1 Å². The van der Waals surface area contributed by atoms with Crippen molar-refractivity contribution in [2.75, 3.05) is 0 Å². The van der Waals surface area contributed by atoms with Crippen LogP contribution in [0.5, 0.6) is 0 Å². The second-order valence-corrected chi connectivity index (χ2v) is 13.4. The van der Waals surface area contributed by atoms with Crippen LogP contribution in [0, 0.1) is 0 Å². The first-order valence-corrected chi connectivity index (χ1v) is 16.0. The summed E-state index contributed by atoms with van der Waals surface area (Å²) in [4.78, 5) is 15.6. The van der Waals surface area contributed by atoms with E-state index in [2.05, 4.69) is 14.4 Å². The normalized spacial score (nSPS) is 15.8. The second-order valence-electron chi connectivity index (χ2n) is 9.61. The third-order valence-corrected chi connectivity index (χ3v) is 10.4.